The van der Waals surface area contributed by atoms with E-state index in [-0.39, 0.29) is 12.3 Å². The van der Waals surface area contributed by atoms with Gasteiger partial charge in [0, 0.05) is 25.4 Å². The number of carboxylic acid groups (broad SMARTS) is 1. The number of aliphatic carboxylic acids is 1. The lowest BCUT2D eigenvalue weighted by Gasteiger charge is -2.14. The second-order valence-corrected chi connectivity index (χ2v) is 5.01. The summed E-state index contributed by atoms with van der Waals surface area (Å²) < 4.78 is 0. The highest BCUT2D eigenvalue weighted by Gasteiger charge is 2.12. The fourth-order valence-electron chi connectivity index (χ4n) is 1.92. The summed E-state index contributed by atoms with van der Waals surface area (Å²) in [5, 5.41) is 11.8. The van der Waals surface area contributed by atoms with Crippen molar-refractivity contribution < 1.29 is 14.7 Å². The molecule has 1 atom stereocenters. The van der Waals surface area contributed by atoms with E-state index in [4.69, 9.17) is 16.7 Å². The monoisotopic (exact) mass is 298 g/mol. The molecule has 0 aromatic carbocycles. The molecule has 1 heterocycles. The summed E-state index contributed by atoms with van der Waals surface area (Å²) in [6.07, 6.45) is 5.42. The zero-order chi connectivity index (χ0) is 15.0. The minimum atomic E-state index is -0.781. The third kappa shape index (κ3) is 5.57. The zero-order valence-corrected chi connectivity index (χ0v) is 12.2. The van der Waals surface area contributed by atoms with Crippen LogP contribution in [0.4, 0.5) is 0 Å². The highest BCUT2D eigenvalue weighted by Crippen LogP contribution is 2.16. The van der Waals surface area contributed by atoms with Crippen LogP contribution in [0.3, 0.4) is 0 Å². The number of amides is 1. The Kier molecular flexibility index (Phi) is 7.01. The largest absolute Gasteiger partial charge is 0.481 e. The third-order valence-corrected chi connectivity index (χ3v) is 3.50. The minimum Gasteiger partial charge on any atom is -0.481 e. The Bertz CT molecular complexity index is 465. The van der Waals surface area contributed by atoms with E-state index < -0.39 is 5.97 Å². The maximum absolute atomic E-state index is 11.9. The maximum atomic E-state index is 11.9. The number of rotatable bonds is 8. The number of hydrogen-bond acceptors (Lipinski definition) is 3. The molecule has 1 aromatic rings. The Labute approximate surface area is 123 Å². The van der Waals surface area contributed by atoms with Gasteiger partial charge in [-0.05, 0) is 24.8 Å². The summed E-state index contributed by atoms with van der Waals surface area (Å²) in [5.41, 5.74) is 0.403. The molecule has 110 valence electrons. The number of carbonyl (C=O) groups is 2. The van der Waals surface area contributed by atoms with E-state index in [0.29, 0.717) is 29.5 Å². The molecule has 1 amide bonds. The summed E-state index contributed by atoms with van der Waals surface area (Å²) in [7, 11) is 0. The van der Waals surface area contributed by atoms with Crippen molar-refractivity contribution in [3.8, 4) is 0 Å². The molecular weight excluding hydrogens is 280 g/mol. The van der Waals surface area contributed by atoms with Gasteiger partial charge < -0.3 is 10.4 Å². The van der Waals surface area contributed by atoms with Crippen molar-refractivity contribution >= 4 is 23.5 Å². The molecule has 20 heavy (non-hydrogen) atoms. The first-order valence-electron chi connectivity index (χ1n) is 6.64. The molecule has 6 heteroatoms. The quantitative estimate of drug-likeness (QED) is 0.773. The molecule has 5 nitrogen and oxygen atoms in total. The van der Waals surface area contributed by atoms with Crippen LogP contribution in [0.15, 0.2) is 18.5 Å². The average molecular weight is 299 g/mol. The van der Waals surface area contributed by atoms with Crippen molar-refractivity contribution in [2.45, 2.75) is 32.6 Å². The van der Waals surface area contributed by atoms with E-state index in [1.807, 2.05) is 6.92 Å². The second-order valence-electron chi connectivity index (χ2n) is 4.61. The molecule has 0 radical (unpaired) electrons. The van der Waals surface area contributed by atoms with Crippen molar-refractivity contribution in [2.75, 3.05) is 6.54 Å². The van der Waals surface area contributed by atoms with Crippen molar-refractivity contribution in [3.05, 3.63) is 29.0 Å². The number of carboxylic acids is 1. The maximum Gasteiger partial charge on any atom is 0.303 e. The summed E-state index contributed by atoms with van der Waals surface area (Å²) in [4.78, 5) is 26.2. The number of carbonyl (C=O) groups excluding carboxylic acids is 1. The van der Waals surface area contributed by atoms with Crippen LogP contribution < -0.4 is 5.32 Å². The highest BCUT2D eigenvalue weighted by atomic mass is 35.5. The summed E-state index contributed by atoms with van der Waals surface area (Å²) in [6.45, 7) is 2.53. The van der Waals surface area contributed by atoms with Gasteiger partial charge in [0.05, 0.1) is 10.6 Å². The number of hydrogen-bond donors (Lipinski definition) is 2. The van der Waals surface area contributed by atoms with Gasteiger partial charge >= 0.3 is 5.97 Å². The van der Waals surface area contributed by atoms with Gasteiger partial charge in [-0.1, -0.05) is 24.9 Å². The lowest BCUT2D eigenvalue weighted by atomic mass is 9.96. The minimum absolute atomic E-state index is 0.169. The van der Waals surface area contributed by atoms with Crippen LogP contribution >= 0.6 is 11.6 Å². The molecule has 1 aromatic heterocycles. The van der Waals surface area contributed by atoms with Crippen LogP contribution in [-0.4, -0.2) is 28.5 Å². The van der Waals surface area contributed by atoms with E-state index in [1.165, 1.54) is 12.4 Å². The van der Waals surface area contributed by atoms with Gasteiger partial charge in [-0.3, -0.25) is 14.6 Å². The van der Waals surface area contributed by atoms with E-state index in [2.05, 4.69) is 10.3 Å². The standard InChI is InChI=1S/C14H19ClN2O3/c1-2-10(3-4-13(18)19)5-8-17-14(20)11-6-7-16-9-12(11)15/h6-7,9-10H,2-5,8H2,1H3,(H,17,20)(H,18,19). The van der Waals surface area contributed by atoms with Crippen molar-refractivity contribution in [3.63, 3.8) is 0 Å². The summed E-state index contributed by atoms with van der Waals surface area (Å²) >= 11 is 5.88. The number of pyridine rings is 1. The predicted octanol–water partition coefficient (Wildman–Crippen LogP) is 2.75. The molecule has 0 spiro atoms. The molecule has 0 saturated heterocycles. The lowest BCUT2D eigenvalue weighted by molar-refractivity contribution is -0.137. The van der Waals surface area contributed by atoms with Gasteiger partial charge in [0.15, 0.2) is 0 Å². The Morgan fingerprint density at radius 1 is 1.45 bits per heavy atom. The van der Waals surface area contributed by atoms with E-state index in [0.717, 1.165) is 12.8 Å². The fourth-order valence-corrected chi connectivity index (χ4v) is 2.13. The zero-order valence-electron chi connectivity index (χ0n) is 11.4. The first-order chi connectivity index (χ1) is 9.54. The molecule has 1 unspecified atom stereocenters. The fraction of sp³-hybridized carbons (Fsp3) is 0.500. The van der Waals surface area contributed by atoms with Gasteiger partial charge in [0.2, 0.25) is 0 Å². The third-order valence-electron chi connectivity index (χ3n) is 3.20. The number of halogens is 1. The van der Waals surface area contributed by atoms with Crippen LogP contribution in [-0.2, 0) is 4.79 Å². The molecule has 2 N–H and O–H groups in total. The Morgan fingerprint density at radius 3 is 2.80 bits per heavy atom. The Morgan fingerprint density at radius 2 is 2.20 bits per heavy atom. The van der Waals surface area contributed by atoms with Crippen LogP contribution in [0.5, 0.6) is 0 Å². The van der Waals surface area contributed by atoms with Crippen LogP contribution in [0.2, 0.25) is 5.02 Å². The first kappa shape index (κ1) is 16.4. The molecule has 0 aliphatic rings. The van der Waals surface area contributed by atoms with E-state index >= 15 is 0 Å². The Balaban J connectivity index is 2.37. The smallest absolute Gasteiger partial charge is 0.303 e. The average Bonchev–Trinajstić information content (AvgIpc) is 2.42. The van der Waals surface area contributed by atoms with Crippen molar-refractivity contribution in [1.82, 2.24) is 10.3 Å². The van der Waals surface area contributed by atoms with Gasteiger partial charge in [-0.25, -0.2) is 0 Å². The molecule has 0 aliphatic carbocycles. The molecule has 1 rings (SSSR count). The normalized spacial score (nSPS) is 11.9. The predicted molar refractivity (Wildman–Crippen MR) is 76.8 cm³/mol. The van der Waals surface area contributed by atoms with Crippen molar-refractivity contribution in [1.29, 1.82) is 0 Å². The Hall–Kier alpha value is -1.62. The molecule has 0 aliphatic heterocycles. The van der Waals surface area contributed by atoms with Gasteiger partial charge in [-0.15, -0.1) is 0 Å². The van der Waals surface area contributed by atoms with E-state index in [9.17, 15) is 9.59 Å². The number of nitrogens with one attached hydrogen (secondary N) is 1. The number of nitrogens with zero attached hydrogens (tertiary/aromatic N) is 1. The van der Waals surface area contributed by atoms with E-state index in [1.54, 1.807) is 6.07 Å². The molecular formula is C14H19ClN2O3. The van der Waals surface area contributed by atoms with Crippen molar-refractivity contribution in [2.24, 2.45) is 5.92 Å². The number of aromatic nitrogens is 1. The summed E-state index contributed by atoms with van der Waals surface area (Å²) in [5.74, 6) is -0.708. The molecule has 0 bridgehead atoms. The van der Waals surface area contributed by atoms with Crippen LogP contribution in [0.25, 0.3) is 0 Å². The SMILES string of the molecule is CCC(CCNC(=O)c1ccncc1Cl)CCC(=O)O. The topological polar surface area (TPSA) is 79.3 Å². The highest BCUT2D eigenvalue weighted by molar-refractivity contribution is 6.33. The van der Waals surface area contributed by atoms with Crippen LogP contribution in [0.1, 0.15) is 43.0 Å². The lowest BCUT2D eigenvalue weighted by Crippen LogP contribution is -2.26. The molecule has 0 saturated carbocycles. The van der Waals surface area contributed by atoms with Gasteiger partial charge in [0.25, 0.3) is 5.91 Å². The summed E-state index contributed by atoms with van der Waals surface area (Å²) in [6, 6.07) is 1.57. The van der Waals surface area contributed by atoms with Gasteiger partial charge in [0.1, 0.15) is 0 Å². The van der Waals surface area contributed by atoms with Crippen LogP contribution in [0, 0.1) is 5.92 Å². The van der Waals surface area contributed by atoms with Gasteiger partial charge in [-0.2, -0.15) is 0 Å². The second kappa shape index (κ2) is 8.53. The first-order valence-corrected chi connectivity index (χ1v) is 7.01. The molecule has 0 fully saturated rings.